The molecule has 2 aromatic heterocycles. The summed E-state index contributed by atoms with van der Waals surface area (Å²) in [5.74, 6) is 0.906. The summed E-state index contributed by atoms with van der Waals surface area (Å²) >= 11 is 5.44. The lowest BCUT2D eigenvalue weighted by Gasteiger charge is -2.11. The van der Waals surface area contributed by atoms with E-state index in [1.165, 1.54) is 30.7 Å². The topological polar surface area (TPSA) is 131 Å². The lowest BCUT2D eigenvalue weighted by molar-refractivity contribution is -0.386. The lowest BCUT2D eigenvalue weighted by atomic mass is 10.2. The Balaban J connectivity index is 0.000000269. The van der Waals surface area contributed by atoms with Crippen molar-refractivity contribution < 1.29 is 19.3 Å². The van der Waals surface area contributed by atoms with E-state index in [2.05, 4.69) is 9.97 Å². The molecule has 10 nitrogen and oxygen atoms in total. The summed E-state index contributed by atoms with van der Waals surface area (Å²) in [7, 11) is 0. The van der Waals surface area contributed by atoms with Gasteiger partial charge in [-0.2, -0.15) is 0 Å². The predicted molar refractivity (Wildman–Crippen MR) is 109 cm³/mol. The van der Waals surface area contributed by atoms with Gasteiger partial charge in [-0.1, -0.05) is 29.8 Å². The van der Waals surface area contributed by atoms with E-state index in [9.17, 15) is 20.2 Å². The van der Waals surface area contributed by atoms with Gasteiger partial charge < -0.3 is 9.47 Å². The van der Waals surface area contributed by atoms with E-state index in [4.69, 9.17) is 21.1 Å². The fourth-order valence-electron chi connectivity index (χ4n) is 2.21. The lowest BCUT2D eigenvalue weighted by Crippen LogP contribution is -2.02. The Labute approximate surface area is 176 Å². The number of nitrogens with zero attached hydrogens (tertiary/aromatic N) is 4. The molecule has 0 atom stereocenters. The van der Waals surface area contributed by atoms with Gasteiger partial charge in [-0.15, -0.1) is 0 Å². The van der Waals surface area contributed by atoms with Gasteiger partial charge in [-0.25, -0.2) is 0 Å². The summed E-state index contributed by atoms with van der Waals surface area (Å²) in [6.07, 6.45) is 5.14. The molecule has 30 heavy (non-hydrogen) atoms. The highest BCUT2D eigenvalue weighted by atomic mass is 35.5. The van der Waals surface area contributed by atoms with Crippen LogP contribution in [0.4, 0.5) is 11.4 Å². The van der Waals surface area contributed by atoms with Crippen LogP contribution >= 0.6 is 11.6 Å². The molecule has 2 heterocycles. The highest BCUT2D eigenvalue weighted by Gasteiger charge is 2.15. The maximum Gasteiger partial charge on any atom is 0.329 e. The Bertz CT molecular complexity index is 1020. The molecule has 0 spiro atoms. The molecular weight excluding hydrogens is 416 g/mol. The number of para-hydroxylation sites is 1. The van der Waals surface area contributed by atoms with Crippen molar-refractivity contribution in [2.24, 2.45) is 0 Å². The number of benzene rings is 1. The molecule has 0 saturated heterocycles. The highest BCUT2D eigenvalue weighted by Crippen LogP contribution is 2.27. The fraction of sp³-hybridized carbons (Fsp3) is 0.158. The molecule has 1 aromatic carbocycles. The second-order valence-corrected chi connectivity index (χ2v) is 5.92. The van der Waals surface area contributed by atoms with Crippen LogP contribution in [0, 0.1) is 20.2 Å². The van der Waals surface area contributed by atoms with Crippen LogP contribution in [0.1, 0.15) is 12.5 Å². The number of hydrogen-bond donors (Lipinski definition) is 0. The highest BCUT2D eigenvalue weighted by molar-refractivity contribution is 6.32. The minimum atomic E-state index is -0.574. The Morgan fingerprint density at radius 1 is 0.900 bits per heavy atom. The number of ether oxygens (including phenoxy) is 2. The van der Waals surface area contributed by atoms with Crippen molar-refractivity contribution in [3.05, 3.63) is 92.0 Å². The Morgan fingerprint density at radius 3 is 2.13 bits per heavy atom. The van der Waals surface area contributed by atoms with E-state index in [0.29, 0.717) is 12.4 Å². The van der Waals surface area contributed by atoms with E-state index in [-0.39, 0.29) is 28.8 Å². The molecule has 156 valence electrons. The van der Waals surface area contributed by atoms with E-state index in [1.54, 1.807) is 0 Å². The van der Waals surface area contributed by atoms with Gasteiger partial charge in [0.25, 0.3) is 0 Å². The summed E-state index contributed by atoms with van der Waals surface area (Å²) < 4.78 is 11.0. The molecular formula is C19H17ClN4O6. The van der Waals surface area contributed by atoms with Crippen LogP contribution in [-0.2, 0) is 6.61 Å². The van der Waals surface area contributed by atoms with Gasteiger partial charge in [-0.3, -0.25) is 30.2 Å². The molecule has 0 bridgehead atoms. The molecule has 0 radical (unpaired) electrons. The molecule has 11 heteroatoms. The minimum Gasteiger partial charge on any atom is -0.493 e. The zero-order valence-corrected chi connectivity index (χ0v) is 16.6. The van der Waals surface area contributed by atoms with Crippen molar-refractivity contribution in [1.82, 2.24) is 9.97 Å². The third-order valence-electron chi connectivity index (χ3n) is 3.56. The number of hydrogen-bond acceptors (Lipinski definition) is 8. The van der Waals surface area contributed by atoms with Crippen LogP contribution in [0.3, 0.4) is 0 Å². The Hall–Kier alpha value is -3.79. The first-order valence-corrected chi connectivity index (χ1v) is 8.97. The first kappa shape index (κ1) is 22.5. The van der Waals surface area contributed by atoms with E-state index >= 15 is 0 Å². The van der Waals surface area contributed by atoms with E-state index < -0.39 is 9.85 Å². The predicted octanol–water partition coefficient (Wildman–Crippen LogP) is 4.61. The summed E-state index contributed by atoms with van der Waals surface area (Å²) in [5.41, 5.74) is 0.519. The molecule has 0 fully saturated rings. The molecule has 3 rings (SSSR count). The first-order valence-electron chi connectivity index (χ1n) is 8.59. The molecule has 0 N–H and O–H groups in total. The Morgan fingerprint density at radius 2 is 1.53 bits per heavy atom. The molecule has 0 saturated carbocycles. The monoisotopic (exact) mass is 432 g/mol. The number of rotatable bonds is 7. The van der Waals surface area contributed by atoms with Crippen LogP contribution in [0.5, 0.6) is 11.5 Å². The Kier molecular flexibility index (Phi) is 8.45. The number of pyridine rings is 2. The van der Waals surface area contributed by atoms with Crippen LogP contribution in [0.15, 0.2) is 61.2 Å². The second kappa shape index (κ2) is 11.3. The van der Waals surface area contributed by atoms with Gasteiger partial charge in [0.1, 0.15) is 29.8 Å². The average molecular weight is 433 g/mol. The van der Waals surface area contributed by atoms with Crippen LogP contribution < -0.4 is 9.47 Å². The van der Waals surface area contributed by atoms with E-state index in [1.807, 2.05) is 31.2 Å². The van der Waals surface area contributed by atoms with Crippen molar-refractivity contribution in [3.8, 4) is 11.5 Å². The van der Waals surface area contributed by atoms with E-state index in [0.717, 1.165) is 11.8 Å². The molecule has 3 aromatic rings. The van der Waals surface area contributed by atoms with Crippen LogP contribution in [0.25, 0.3) is 0 Å². The zero-order chi connectivity index (χ0) is 21.9. The van der Waals surface area contributed by atoms with Crippen molar-refractivity contribution >= 4 is 23.0 Å². The summed E-state index contributed by atoms with van der Waals surface area (Å²) in [6, 6.07) is 10.3. The molecule has 0 aliphatic heterocycles. The second-order valence-electron chi connectivity index (χ2n) is 5.51. The molecule has 0 aliphatic carbocycles. The van der Waals surface area contributed by atoms with Gasteiger partial charge in [0.15, 0.2) is 0 Å². The van der Waals surface area contributed by atoms with Crippen LogP contribution in [0.2, 0.25) is 5.02 Å². The third kappa shape index (κ3) is 6.38. The van der Waals surface area contributed by atoms with Crippen LogP contribution in [-0.4, -0.2) is 26.4 Å². The standard InChI is InChI=1S/C14H14N2O4.C5H3ClN2O2/c1-2-19-13-6-4-3-5-11(13)10-20-14-7-8-15-9-12(14)16(17)18;6-4-1-2-7-3-5(4)8(9)10/h3-9H,2,10H2,1H3;1-3H. The van der Waals surface area contributed by atoms with Gasteiger partial charge in [0.05, 0.1) is 16.5 Å². The van der Waals surface area contributed by atoms with Crippen molar-refractivity contribution in [1.29, 1.82) is 0 Å². The number of aromatic nitrogens is 2. The molecule has 0 aliphatic rings. The molecule has 0 amide bonds. The largest absolute Gasteiger partial charge is 0.493 e. The molecule has 0 unspecified atom stereocenters. The third-order valence-corrected chi connectivity index (χ3v) is 3.88. The smallest absolute Gasteiger partial charge is 0.329 e. The van der Waals surface area contributed by atoms with Gasteiger partial charge in [0, 0.05) is 24.0 Å². The summed E-state index contributed by atoms with van der Waals surface area (Å²) in [6.45, 7) is 2.64. The number of nitro groups is 2. The average Bonchev–Trinajstić information content (AvgIpc) is 2.74. The SMILES string of the molecule is CCOc1ccccc1COc1ccncc1[N+](=O)[O-].O=[N+]([O-])c1cnccc1Cl. The summed E-state index contributed by atoms with van der Waals surface area (Å²) in [5, 5.41) is 21.1. The van der Waals surface area contributed by atoms with Crippen molar-refractivity contribution in [2.75, 3.05) is 6.61 Å². The summed E-state index contributed by atoms with van der Waals surface area (Å²) in [4.78, 5) is 27.1. The van der Waals surface area contributed by atoms with Crippen molar-refractivity contribution in [2.45, 2.75) is 13.5 Å². The first-order chi connectivity index (χ1) is 14.4. The van der Waals surface area contributed by atoms with Crippen molar-refractivity contribution in [3.63, 3.8) is 0 Å². The van der Waals surface area contributed by atoms with Gasteiger partial charge >= 0.3 is 11.4 Å². The maximum atomic E-state index is 10.9. The quantitative estimate of drug-likeness (QED) is 0.390. The fourth-order valence-corrected chi connectivity index (χ4v) is 2.39. The minimum absolute atomic E-state index is 0.111. The zero-order valence-electron chi connectivity index (χ0n) is 15.8. The maximum absolute atomic E-state index is 10.9. The normalized spacial score (nSPS) is 9.80. The van der Waals surface area contributed by atoms with Gasteiger partial charge in [-0.05, 0) is 19.1 Å². The number of halogens is 1. The van der Waals surface area contributed by atoms with Gasteiger partial charge in [0.2, 0.25) is 5.75 Å².